The van der Waals surface area contributed by atoms with Crippen molar-refractivity contribution in [2.24, 2.45) is 17.6 Å². The summed E-state index contributed by atoms with van der Waals surface area (Å²) in [5.74, 6) is -2.04. The second-order valence-corrected chi connectivity index (χ2v) is 10.8. The maximum atomic E-state index is 12.6. The molecule has 10 nitrogen and oxygen atoms in total. The van der Waals surface area contributed by atoms with Crippen molar-refractivity contribution in [1.82, 2.24) is 0 Å². The monoisotopic (exact) mass is 551 g/mol. The summed E-state index contributed by atoms with van der Waals surface area (Å²) >= 11 is 0. The molecule has 0 aliphatic heterocycles. The molecular formula is C29H45NO9. The molecule has 0 aliphatic rings. The summed E-state index contributed by atoms with van der Waals surface area (Å²) in [5.41, 5.74) is 5.94. The van der Waals surface area contributed by atoms with E-state index < -0.39 is 41.8 Å². The van der Waals surface area contributed by atoms with E-state index >= 15 is 0 Å². The summed E-state index contributed by atoms with van der Waals surface area (Å²) < 4.78 is 26.5. The lowest BCUT2D eigenvalue weighted by Crippen LogP contribution is -2.37. The van der Waals surface area contributed by atoms with Crippen LogP contribution in [0.4, 0.5) is 4.79 Å². The Hall–Kier alpha value is -3.14. The minimum Gasteiger partial charge on any atom is -0.458 e. The van der Waals surface area contributed by atoms with Crippen LogP contribution in [0.1, 0.15) is 86.6 Å². The number of carbonyl (C=O) groups excluding carboxylic acids is 4. The van der Waals surface area contributed by atoms with Crippen molar-refractivity contribution in [3.8, 4) is 11.5 Å². The Bertz CT molecular complexity index is 970. The van der Waals surface area contributed by atoms with Crippen LogP contribution in [0, 0.1) is 11.8 Å². The predicted molar refractivity (Wildman–Crippen MR) is 145 cm³/mol. The van der Waals surface area contributed by atoms with E-state index in [0.717, 1.165) is 12.8 Å². The molecule has 220 valence electrons. The first-order valence-corrected chi connectivity index (χ1v) is 13.5. The van der Waals surface area contributed by atoms with Gasteiger partial charge in [0.1, 0.15) is 24.4 Å². The van der Waals surface area contributed by atoms with Gasteiger partial charge in [0, 0.05) is 0 Å². The molecule has 0 saturated heterocycles. The van der Waals surface area contributed by atoms with Gasteiger partial charge in [-0.3, -0.25) is 14.4 Å². The van der Waals surface area contributed by atoms with Crippen molar-refractivity contribution in [2.45, 2.75) is 105 Å². The van der Waals surface area contributed by atoms with E-state index in [4.69, 9.17) is 29.4 Å². The van der Waals surface area contributed by atoms with Crippen molar-refractivity contribution >= 4 is 24.1 Å². The highest BCUT2D eigenvalue weighted by Crippen LogP contribution is 2.31. The highest BCUT2D eigenvalue weighted by atomic mass is 16.7. The van der Waals surface area contributed by atoms with Gasteiger partial charge in [0.25, 0.3) is 0 Å². The number of nitrogens with two attached hydrogens (primary N) is 1. The molecular weight excluding hydrogens is 506 g/mol. The smallest absolute Gasteiger partial charge is 0.458 e. The van der Waals surface area contributed by atoms with Crippen LogP contribution in [-0.2, 0) is 35.0 Å². The Kier molecular flexibility index (Phi) is 14.0. The van der Waals surface area contributed by atoms with E-state index in [1.807, 2.05) is 13.8 Å². The van der Waals surface area contributed by atoms with E-state index in [0.29, 0.717) is 18.4 Å². The molecule has 0 spiro atoms. The van der Waals surface area contributed by atoms with Gasteiger partial charge in [0.05, 0.1) is 11.8 Å². The number of esters is 3. The largest absolute Gasteiger partial charge is 0.508 e. The molecule has 39 heavy (non-hydrogen) atoms. The van der Waals surface area contributed by atoms with Gasteiger partial charge in [0.2, 0.25) is 0 Å². The van der Waals surface area contributed by atoms with Gasteiger partial charge in [-0.1, -0.05) is 46.6 Å². The van der Waals surface area contributed by atoms with Gasteiger partial charge in [-0.05, 0) is 64.7 Å². The van der Waals surface area contributed by atoms with Crippen molar-refractivity contribution in [3.63, 3.8) is 0 Å². The van der Waals surface area contributed by atoms with Crippen LogP contribution in [0.3, 0.4) is 0 Å². The molecule has 10 heteroatoms. The van der Waals surface area contributed by atoms with Crippen LogP contribution >= 0.6 is 0 Å². The molecule has 0 aromatic heterocycles. The van der Waals surface area contributed by atoms with Crippen molar-refractivity contribution in [2.75, 3.05) is 6.61 Å². The number of benzene rings is 1. The van der Waals surface area contributed by atoms with E-state index in [9.17, 15) is 19.2 Å². The number of carbonyl (C=O) groups is 4. The second kappa shape index (κ2) is 16.1. The predicted octanol–water partition coefficient (Wildman–Crippen LogP) is 5.12. The lowest BCUT2D eigenvalue weighted by atomic mass is 10.0. The number of hydrogen-bond donors (Lipinski definition) is 1. The Balaban J connectivity index is 2.92. The average molecular weight is 552 g/mol. The van der Waals surface area contributed by atoms with E-state index in [1.165, 1.54) is 12.1 Å². The first kappa shape index (κ1) is 33.9. The summed E-state index contributed by atoms with van der Waals surface area (Å²) in [7, 11) is 0. The van der Waals surface area contributed by atoms with Gasteiger partial charge >= 0.3 is 24.1 Å². The fraction of sp³-hybridized carbons (Fsp3) is 0.655. The topological polar surface area (TPSA) is 140 Å². The summed E-state index contributed by atoms with van der Waals surface area (Å²) in [6, 6.07) is 3.65. The zero-order valence-electron chi connectivity index (χ0n) is 24.5. The Labute approximate surface area is 231 Å². The molecule has 0 bridgehead atoms. The minimum atomic E-state index is -1.05. The van der Waals surface area contributed by atoms with E-state index in [-0.39, 0.29) is 36.4 Å². The van der Waals surface area contributed by atoms with Crippen LogP contribution in [0.15, 0.2) is 18.2 Å². The molecule has 1 aromatic carbocycles. The normalized spacial score (nSPS) is 14.4. The molecule has 1 aromatic rings. The molecule has 0 amide bonds. The van der Waals surface area contributed by atoms with Crippen LogP contribution in [0.5, 0.6) is 11.5 Å². The lowest BCUT2D eigenvalue weighted by Gasteiger charge is -2.21. The number of rotatable bonds is 14. The summed E-state index contributed by atoms with van der Waals surface area (Å²) in [6.45, 7) is 14.0. The van der Waals surface area contributed by atoms with Gasteiger partial charge in [-0.2, -0.15) is 0 Å². The van der Waals surface area contributed by atoms with Gasteiger partial charge in [-0.25, -0.2) is 4.79 Å². The third-order valence-electron chi connectivity index (χ3n) is 5.58. The van der Waals surface area contributed by atoms with E-state index in [2.05, 4.69) is 0 Å². The van der Waals surface area contributed by atoms with Crippen molar-refractivity contribution < 1.29 is 42.9 Å². The van der Waals surface area contributed by atoms with E-state index in [1.54, 1.807) is 47.6 Å². The molecule has 4 atom stereocenters. The first-order valence-electron chi connectivity index (χ1n) is 13.5. The second-order valence-electron chi connectivity index (χ2n) is 10.8. The summed E-state index contributed by atoms with van der Waals surface area (Å²) in [5, 5.41) is 0. The third-order valence-corrected chi connectivity index (χ3v) is 5.58. The molecule has 0 aliphatic carbocycles. The van der Waals surface area contributed by atoms with Crippen LogP contribution in [-0.4, -0.2) is 48.4 Å². The van der Waals surface area contributed by atoms with Gasteiger partial charge < -0.3 is 29.4 Å². The molecule has 1 rings (SSSR count). The fourth-order valence-electron chi connectivity index (χ4n) is 3.49. The van der Waals surface area contributed by atoms with Crippen LogP contribution in [0.25, 0.3) is 0 Å². The van der Waals surface area contributed by atoms with Crippen molar-refractivity contribution in [1.29, 1.82) is 0 Å². The maximum absolute atomic E-state index is 12.6. The molecule has 2 unspecified atom stereocenters. The SMILES string of the molecule is CCCC(C)C(=O)Oc1ccc(C[C@H](N)C(=O)O[C@@H](C)COC(=O)OC(C)(C)C)cc1OC(=O)C(C)CCC. The standard InChI is InChI=1S/C29H45NO9/c1-9-11-18(3)25(31)37-23-14-13-21(16-24(23)38-26(32)19(4)12-10-2)15-22(30)27(33)36-20(5)17-35-28(34)39-29(6,7)8/h13-14,16,18-20,22H,9-12,15,17,30H2,1-8H3/t18?,19?,20-,22-/m0/s1. The highest BCUT2D eigenvalue weighted by Gasteiger charge is 2.24. The molecule has 0 radical (unpaired) electrons. The maximum Gasteiger partial charge on any atom is 0.508 e. The minimum absolute atomic E-state index is 0.0635. The fourth-order valence-corrected chi connectivity index (χ4v) is 3.49. The first-order chi connectivity index (χ1) is 18.2. The van der Waals surface area contributed by atoms with Gasteiger partial charge in [0.15, 0.2) is 11.5 Å². The average Bonchev–Trinajstić information content (AvgIpc) is 2.83. The number of hydrogen-bond acceptors (Lipinski definition) is 10. The zero-order valence-corrected chi connectivity index (χ0v) is 24.5. The molecule has 0 heterocycles. The quantitative estimate of drug-likeness (QED) is 0.244. The Morgan fingerprint density at radius 3 is 1.90 bits per heavy atom. The van der Waals surface area contributed by atoms with Crippen LogP contribution in [0.2, 0.25) is 0 Å². The summed E-state index contributed by atoms with van der Waals surface area (Å²) in [6.07, 6.45) is 1.39. The molecule has 0 fully saturated rings. The number of ether oxygens (including phenoxy) is 5. The Morgan fingerprint density at radius 2 is 1.38 bits per heavy atom. The lowest BCUT2D eigenvalue weighted by molar-refractivity contribution is -0.152. The molecule has 0 saturated carbocycles. The van der Waals surface area contributed by atoms with Crippen molar-refractivity contribution in [3.05, 3.63) is 23.8 Å². The summed E-state index contributed by atoms with van der Waals surface area (Å²) in [4.78, 5) is 49.4. The third kappa shape index (κ3) is 13.0. The van der Waals surface area contributed by atoms with Crippen LogP contribution < -0.4 is 15.2 Å². The molecule has 2 N–H and O–H groups in total. The van der Waals surface area contributed by atoms with Gasteiger partial charge in [-0.15, -0.1) is 0 Å². The Morgan fingerprint density at radius 1 is 0.846 bits per heavy atom. The zero-order chi connectivity index (χ0) is 29.8. The highest BCUT2D eigenvalue weighted by molar-refractivity contribution is 5.79.